The first kappa shape index (κ1) is 16.7. The number of carbonyl (C=O) groups excluding carboxylic acids is 1. The summed E-state index contributed by atoms with van der Waals surface area (Å²) in [6, 6.07) is 6.68. The molecule has 0 aromatic heterocycles. The Morgan fingerprint density at radius 1 is 1.14 bits per heavy atom. The van der Waals surface area contributed by atoms with E-state index in [9.17, 15) is 4.79 Å². The van der Waals surface area contributed by atoms with Crippen molar-refractivity contribution >= 4 is 11.7 Å². The van der Waals surface area contributed by atoms with Crippen LogP contribution >= 0.6 is 0 Å². The van der Waals surface area contributed by atoms with Crippen LogP contribution in [0.2, 0.25) is 0 Å². The minimum absolute atomic E-state index is 0.0837. The minimum atomic E-state index is 0.0837. The molecule has 1 aromatic carbocycles. The zero-order valence-electron chi connectivity index (χ0n) is 14.4. The smallest absolute Gasteiger partial charge is 0.317 e. The van der Waals surface area contributed by atoms with E-state index in [1.54, 1.807) is 0 Å². The van der Waals surface area contributed by atoms with Crippen molar-refractivity contribution in [1.82, 2.24) is 10.2 Å². The maximum Gasteiger partial charge on any atom is 0.317 e. The summed E-state index contributed by atoms with van der Waals surface area (Å²) in [6.45, 7) is 12.8. The molecule has 122 valence electrons. The molecule has 1 aliphatic rings. The van der Waals surface area contributed by atoms with Crippen LogP contribution in [-0.2, 0) is 0 Å². The normalized spacial score (nSPS) is 15.3. The van der Waals surface area contributed by atoms with Gasteiger partial charge in [0.2, 0.25) is 0 Å². The van der Waals surface area contributed by atoms with Gasteiger partial charge in [0, 0.05) is 38.4 Å². The summed E-state index contributed by atoms with van der Waals surface area (Å²) in [5.74, 6) is 0.627. The minimum Gasteiger partial charge on any atom is -0.368 e. The third kappa shape index (κ3) is 4.39. The molecule has 2 rings (SSSR count). The molecule has 4 nitrogen and oxygen atoms in total. The zero-order chi connectivity index (χ0) is 16.1. The number of nitrogens with zero attached hydrogens (tertiary/aromatic N) is 2. The van der Waals surface area contributed by atoms with Gasteiger partial charge in [-0.25, -0.2) is 4.79 Å². The summed E-state index contributed by atoms with van der Waals surface area (Å²) in [5, 5.41) is 3.02. The SMILES string of the molecule is Cc1ccc(N2CCN(C(=O)NCCC(C)C)CC2)cc1C. The highest BCUT2D eigenvalue weighted by Gasteiger charge is 2.21. The summed E-state index contributed by atoms with van der Waals surface area (Å²) in [4.78, 5) is 16.4. The van der Waals surface area contributed by atoms with Crippen molar-refractivity contribution in [3.05, 3.63) is 29.3 Å². The second-order valence-electron chi connectivity index (χ2n) is 6.66. The average molecular weight is 303 g/mol. The zero-order valence-corrected chi connectivity index (χ0v) is 14.4. The molecule has 1 fully saturated rings. The van der Waals surface area contributed by atoms with Gasteiger partial charge in [-0.15, -0.1) is 0 Å². The second kappa shape index (κ2) is 7.52. The lowest BCUT2D eigenvalue weighted by molar-refractivity contribution is 0.194. The van der Waals surface area contributed by atoms with Gasteiger partial charge in [0.15, 0.2) is 0 Å². The highest BCUT2D eigenvalue weighted by atomic mass is 16.2. The first-order valence-electron chi connectivity index (χ1n) is 8.32. The monoisotopic (exact) mass is 303 g/mol. The topological polar surface area (TPSA) is 35.6 Å². The van der Waals surface area contributed by atoms with Crippen molar-refractivity contribution < 1.29 is 4.79 Å². The number of hydrogen-bond acceptors (Lipinski definition) is 2. The van der Waals surface area contributed by atoms with Gasteiger partial charge in [0.25, 0.3) is 0 Å². The largest absolute Gasteiger partial charge is 0.368 e. The van der Waals surface area contributed by atoms with E-state index in [1.807, 2.05) is 4.90 Å². The van der Waals surface area contributed by atoms with Crippen molar-refractivity contribution in [3.8, 4) is 0 Å². The van der Waals surface area contributed by atoms with E-state index in [4.69, 9.17) is 0 Å². The molecule has 0 spiro atoms. The van der Waals surface area contributed by atoms with Gasteiger partial charge in [-0.3, -0.25) is 0 Å². The van der Waals surface area contributed by atoms with Crippen LogP contribution in [0, 0.1) is 19.8 Å². The number of urea groups is 1. The Morgan fingerprint density at radius 3 is 2.41 bits per heavy atom. The predicted molar refractivity (Wildman–Crippen MR) is 92.6 cm³/mol. The molecule has 1 heterocycles. The van der Waals surface area contributed by atoms with E-state index in [2.05, 4.69) is 56.1 Å². The number of hydrogen-bond donors (Lipinski definition) is 1. The molecule has 1 saturated heterocycles. The Kier molecular flexibility index (Phi) is 5.69. The third-order valence-electron chi connectivity index (χ3n) is 4.42. The molecule has 22 heavy (non-hydrogen) atoms. The summed E-state index contributed by atoms with van der Waals surface area (Å²) in [6.07, 6.45) is 1.04. The van der Waals surface area contributed by atoms with Gasteiger partial charge in [-0.05, 0) is 49.4 Å². The lowest BCUT2D eigenvalue weighted by atomic mass is 10.1. The molecular formula is C18H29N3O. The summed E-state index contributed by atoms with van der Waals surface area (Å²) >= 11 is 0. The molecule has 1 N–H and O–H groups in total. The Morgan fingerprint density at radius 2 is 1.82 bits per heavy atom. The van der Waals surface area contributed by atoms with Crippen LogP contribution < -0.4 is 10.2 Å². The summed E-state index contributed by atoms with van der Waals surface area (Å²) < 4.78 is 0. The van der Waals surface area contributed by atoms with Gasteiger partial charge in [0.05, 0.1) is 0 Å². The second-order valence-corrected chi connectivity index (χ2v) is 6.66. The molecule has 4 heteroatoms. The summed E-state index contributed by atoms with van der Waals surface area (Å²) in [5.41, 5.74) is 3.92. The van der Waals surface area contributed by atoms with Crippen molar-refractivity contribution in [2.24, 2.45) is 5.92 Å². The fourth-order valence-electron chi connectivity index (χ4n) is 2.67. The maximum absolute atomic E-state index is 12.1. The van der Waals surface area contributed by atoms with Crippen LogP contribution in [0.3, 0.4) is 0 Å². The highest BCUT2D eigenvalue weighted by Crippen LogP contribution is 2.20. The predicted octanol–water partition coefficient (Wildman–Crippen LogP) is 3.18. The van der Waals surface area contributed by atoms with Gasteiger partial charge in [-0.2, -0.15) is 0 Å². The first-order chi connectivity index (χ1) is 10.5. The number of anilines is 1. The van der Waals surface area contributed by atoms with Crippen LogP contribution in [0.5, 0.6) is 0 Å². The Labute approximate surface area is 134 Å². The van der Waals surface area contributed by atoms with Crippen LogP contribution in [0.1, 0.15) is 31.4 Å². The molecule has 0 saturated carbocycles. The lowest BCUT2D eigenvalue weighted by Crippen LogP contribution is -2.52. The Bertz CT molecular complexity index is 505. The summed E-state index contributed by atoms with van der Waals surface area (Å²) in [7, 11) is 0. The van der Waals surface area contributed by atoms with Gasteiger partial charge < -0.3 is 15.1 Å². The molecule has 1 aliphatic heterocycles. The van der Waals surface area contributed by atoms with Crippen LogP contribution in [0.25, 0.3) is 0 Å². The van der Waals surface area contributed by atoms with Crippen LogP contribution in [0.4, 0.5) is 10.5 Å². The number of carbonyl (C=O) groups is 1. The number of benzene rings is 1. The number of amides is 2. The fourth-order valence-corrected chi connectivity index (χ4v) is 2.67. The third-order valence-corrected chi connectivity index (χ3v) is 4.42. The van der Waals surface area contributed by atoms with Crippen molar-refractivity contribution in [2.75, 3.05) is 37.6 Å². The molecule has 0 unspecified atom stereocenters. The van der Waals surface area contributed by atoms with Crippen LogP contribution in [0.15, 0.2) is 18.2 Å². The van der Waals surface area contributed by atoms with Crippen molar-refractivity contribution in [3.63, 3.8) is 0 Å². The Hall–Kier alpha value is -1.71. The molecule has 2 amide bonds. The number of nitrogens with one attached hydrogen (secondary N) is 1. The molecular weight excluding hydrogens is 274 g/mol. The molecule has 1 aromatic rings. The molecule has 0 bridgehead atoms. The van der Waals surface area contributed by atoms with Crippen molar-refractivity contribution in [1.29, 1.82) is 0 Å². The molecule has 0 radical (unpaired) electrons. The molecule has 0 atom stereocenters. The fraction of sp³-hybridized carbons (Fsp3) is 0.611. The number of aryl methyl sites for hydroxylation is 2. The van der Waals surface area contributed by atoms with E-state index < -0.39 is 0 Å². The van der Waals surface area contributed by atoms with Gasteiger partial charge in [-0.1, -0.05) is 19.9 Å². The van der Waals surface area contributed by atoms with E-state index in [1.165, 1.54) is 16.8 Å². The van der Waals surface area contributed by atoms with E-state index in [-0.39, 0.29) is 6.03 Å². The number of rotatable bonds is 4. The standard InChI is InChI=1S/C18H29N3O/c1-14(2)7-8-19-18(22)21-11-9-20(10-12-21)17-6-5-15(3)16(4)13-17/h5-6,13-14H,7-12H2,1-4H3,(H,19,22). The van der Waals surface area contributed by atoms with E-state index in [0.29, 0.717) is 5.92 Å². The van der Waals surface area contributed by atoms with E-state index >= 15 is 0 Å². The number of piperazine rings is 1. The molecule has 0 aliphatic carbocycles. The van der Waals surface area contributed by atoms with Gasteiger partial charge in [0.1, 0.15) is 0 Å². The van der Waals surface area contributed by atoms with Crippen molar-refractivity contribution in [2.45, 2.75) is 34.1 Å². The van der Waals surface area contributed by atoms with Gasteiger partial charge >= 0.3 is 6.03 Å². The Balaban J connectivity index is 1.82. The quantitative estimate of drug-likeness (QED) is 0.927. The van der Waals surface area contributed by atoms with E-state index in [0.717, 1.165) is 39.1 Å². The van der Waals surface area contributed by atoms with Crippen LogP contribution in [-0.4, -0.2) is 43.7 Å². The maximum atomic E-state index is 12.1. The first-order valence-corrected chi connectivity index (χ1v) is 8.32. The highest BCUT2D eigenvalue weighted by molar-refractivity contribution is 5.74. The lowest BCUT2D eigenvalue weighted by Gasteiger charge is -2.36. The average Bonchev–Trinajstić information content (AvgIpc) is 2.50.